The van der Waals surface area contributed by atoms with Crippen LogP contribution in [-0.2, 0) is 24.4 Å². The van der Waals surface area contributed by atoms with Gasteiger partial charge in [0.15, 0.2) is 9.84 Å². The lowest BCUT2D eigenvalue weighted by Gasteiger charge is -2.12. The van der Waals surface area contributed by atoms with Crippen LogP contribution in [-0.4, -0.2) is 40.4 Å². The number of sulfone groups is 1. The smallest absolute Gasteiger partial charge is 0.397 e. The van der Waals surface area contributed by atoms with Crippen LogP contribution in [0.15, 0.2) is 23.1 Å². The highest BCUT2D eigenvalue weighted by molar-refractivity contribution is 7.91. The number of benzene rings is 1. The first-order valence-electron chi connectivity index (χ1n) is 5.37. The van der Waals surface area contributed by atoms with Crippen molar-refractivity contribution >= 4 is 25.9 Å². The Morgan fingerprint density at radius 1 is 1.30 bits per heavy atom. The van der Waals surface area contributed by atoms with Crippen molar-refractivity contribution in [1.82, 2.24) is 0 Å². The molecule has 0 aliphatic rings. The normalized spacial score (nSPS) is 13.9. The Morgan fingerprint density at radius 3 is 2.40 bits per heavy atom. The van der Waals surface area contributed by atoms with Crippen molar-refractivity contribution in [3.8, 4) is 5.75 Å². The molecule has 114 valence electrons. The third-order valence-electron chi connectivity index (χ3n) is 2.30. The predicted octanol–water partition coefficient (Wildman–Crippen LogP) is 0.259. The van der Waals surface area contributed by atoms with Crippen LogP contribution in [0.1, 0.15) is 6.92 Å². The van der Waals surface area contributed by atoms with Gasteiger partial charge < -0.3 is 10.5 Å². The summed E-state index contributed by atoms with van der Waals surface area (Å²) in [6.45, 7) is 1.21. The predicted molar refractivity (Wildman–Crippen MR) is 71.6 cm³/mol. The van der Waals surface area contributed by atoms with Crippen molar-refractivity contribution in [3.63, 3.8) is 0 Å². The van der Waals surface area contributed by atoms with E-state index < -0.39 is 32.1 Å². The molecule has 10 heteroatoms. The summed E-state index contributed by atoms with van der Waals surface area (Å²) in [6, 6.07) is 3.86. The van der Waals surface area contributed by atoms with Crippen LogP contribution in [0.3, 0.4) is 0 Å². The highest BCUT2D eigenvalue weighted by Crippen LogP contribution is 2.25. The van der Waals surface area contributed by atoms with Gasteiger partial charge in [-0.25, -0.2) is 12.6 Å². The fraction of sp³-hybridized carbons (Fsp3) is 0.400. The topological polar surface area (TPSA) is 133 Å². The zero-order valence-corrected chi connectivity index (χ0v) is 12.4. The molecule has 0 amide bonds. The molecular formula is C10H15NO7S2. The van der Waals surface area contributed by atoms with Crippen molar-refractivity contribution in [2.75, 3.05) is 18.6 Å². The lowest BCUT2D eigenvalue weighted by atomic mass is 10.3. The van der Waals surface area contributed by atoms with Crippen molar-refractivity contribution < 1.29 is 30.3 Å². The van der Waals surface area contributed by atoms with E-state index >= 15 is 0 Å². The Bertz CT molecular complexity index is 682. The third kappa shape index (κ3) is 4.63. The zero-order valence-electron chi connectivity index (χ0n) is 10.8. The highest BCUT2D eigenvalue weighted by atomic mass is 32.3. The first kappa shape index (κ1) is 16.7. The maximum absolute atomic E-state index is 12.1. The second-order valence-electron chi connectivity index (χ2n) is 4.02. The first-order chi connectivity index (χ1) is 9.05. The molecule has 1 aromatic carbocycles. The van der Waals surface area contributed by atoms with Crippen LogP contribution in [0.5, 0.6) is 5.75 Å². The molecule has 1 aromatic rings. The highest BCUT2D eigenvalue weighted by Gasteiger charge is 2.23. The van der Waals surface area contributed by atoms with E-state index in [1.807, 2.05) is 0 Å². The second-order valence-corrected chi connectivity index (χ2v) is 7.10. The number of rotatable bonds is 6. The zero-order chi connectivity index (χ0) is 15.6. The van der Waals surface area contributed by atoms with E-state index in [0.717, 1.165) is 0 Å². The van der Waals surface area contributed by atoms with Gasteiger partial charge in [0.05, 0.1) is 29.5 Å². The van der Waals surface area contributed by atoms with Crippen LogP contribution < -0.4 is 10.5 Å². The molecule has 1 atom stereocenters. The van der Waals surface area contributed by atoms with Crippen LogP contribution >= 0.6 is 0 Å². The summed E-state index contributed by atoms with van der Waals surface area (Å²) in [5, 5.41) is 0. The Hall–Kier alpha value is -1.36. The Labute approximate surface area is 117 Å². The molecule has 0 radical (unpaired) electrons. The maximum Gasteiger partial charge on any atom is 0.397 e. The molecule has 0 spiro atoms. The maximum atomic E-state index is 12.1. The summed E-state index contributed by atoms with van der Waals surface area (Å²) in [7, 11) is -7.18. The van der Waals surface area contributed by atoms with E-state index in [9.17, 15) is 16.8 Å². The number of hydrogen-bond donors (Lipinski definition) is 2. The summed E-state index contributed by atoms with van der Waals surface area (Å²) in [4.78, 5) is -0.0886. The minimum atomic E-state index is -4.71. The molecule has 0 bridgehead atoms. The van der Waals surface area contributed by atoms with Gasteiger partial charge in [-0.15, -0.1) is 0 Å². The first-order valence-corrected chi connectivity index (χ1v) is 8.39. The van der Waals surface area contributed by atoms with E-state index in [1.165, 1.54) is 32.2 Å². The third-order valence-corrected chi connectivity index (χ3v) is 4.76. The van der Waals surface area contributed by atoms with Gasteiger partial charge in [-0.05, 0) is 19.1 Å². The average molecular weight is 325 g/mol. The van der Waals surface area contributed by atoms with Crippen LogP contribution in [0.2, 0.25) is 0 Å². The molecule has 0 fully saturated rings. The van der Waals surface area contributed by atoms with E-state index in [-0.39, 0.29) is 16.3 Å². The molecule has 0 aliphatic heterocycles. The molecular weight excluding hydrogens is 310 g/mol. The van der Waals surface area contributed by atoms with Crippen LogP contribution in [0.4, 0.5) is 5.69 Å². The fourth-order valence-corrected chi connectivity index (χ4v) is 3.54. The van der Waals surface area contributed by atoms with E-state index in [4.69, 9.17) is 15.0 Å². The number of ether oxygens (including phenoxy) is 1. The number of nitrogen functional groups attached to an aromatic ring is 1. The van der Waals surface area contributed by atoms with Gasteiger partial charge in [-0.1, -0.05) is 0 Å². The molecule has 3 N–H and O–H groups in total. The SMILES string of the molecule is COc1cc(S(=O)(=O)CC(C)OS(=O)(=O)O)ccc1N. The van der Waals surface area contributed by atoms with Gasteiger partial charge in [-0.2, -0.15) is 8.42 Å². The molecule has 0 saturated heterocycles. The van der Waals surface area contributed by atoms with E-state index in [0.29, 0.717) is 0 Å². The summed E-state index contributed by atoms with van der Waals surface area (Å²) < 4.78 is 62.7. The molecule has 0 aliphatic carbocycles. The summed E-state index contributed by atoms with van der Waals surface area (Å²) in [5.41, 5.74) is 5.84. The Morgan fingerprint density at radius 2 is 1.90 bits per heavy atom. The number of nitrogens with two attached hydrogens (primary N) is 1. The van der Waals surface area contributed by atoms with E-state index in [1.54, 1.807) is 0 Å². The number of hydrogen-bond acceptors (Lipinski definition) is 7. The summed E-state index contributed by atoms with van der Waals surface area (Å²) in [6.07, 6.45) is -1.24. The summed E-state index contributed by atoms with van der Waals surface area (Å²) in [5.74, 6) is -0.436. The Balaban J connectivity index is 3.00. The van der Waals surface area contributed by atoms with Gasteiger partial charge in [0.1, 0.15) is 5.75 Å². The number of methoxy groups -OCH3 is 1. The molecule has 0 saturated carbocycles. The van der Waals surface area contributed by atoms with Gasteiger partial charge in [-0.3, -0.25) is 4.55 Å². The van der Waals surface area contributed by atoms with Gasteiger partial charge in [0.25, 0.3) is 0 Å². The van der Waals surface area contributed by atoms with Gasteiger partial charge >= 0.3 is 10.4 Å². The van der Waals surface area contributed by atoms with Crippen LogP contribution in [0, 0.1) is 0 Å². The standard InChI is InChI=1S/C10H15NO7S2/c1-7(18-20(14,15)16)6-19(12,13)8-3-4-9(11)10(5-8)17-2/h3-5,7H,6,11H2,1-2H3,(H,14,15,16). The summed E-state index contributed by atoms with van der Waals surface area (Å²) >= 11 is 0. The lowest BCUT2D eigenvalue weighted by Crippen LogP contribution is -2.24. The minimum absolute atomic E-state index is 0.0886. The van der Waals surface area contributed by atoms with Crippen LogP contribution in [0.25, 0.3) is 0 Å². The van der Waals surface area contributed by atoms with Crippen molar-refractivity contribution in [2.45, 2.75) is 17.9 Å². The second kappa shape index (κ2) is 5.95. The van der Waals surface area contributed by atoms with Gasteiger partial charge in [0, 0.05) is 6.07 Å². The van der Waals surface area contributed by atoms with Crippen molar-refractivity contribution in [3.05, 3.63) is 18.2 Å². The Kier molecular flexibility index (Phi) is 4.97. The molecule has 0 heterocycles. The monoisotopic (exact) mass is 325 g/mol. The lowest BCUT2D eigenvalue weighted by molar-refractivity contribution is 0.215. The number of anilines is 1. The molecule has 1 rings (SSSR count). The molecule has 1 unspecified atom stereocenters. The van der Waals surface area contributed by atoms with Gasteiger partial charge in [0.2, 0.25) is 0 Å². The van der Waals surface area contributed by atoms with Crippen molar-refractivity contribution in [2.24, 2.45) is 0 Å². The molecule has 0 aromatic heterocycles. The minimum Gasteiger partial charge on any atom is -0.495 e. The quantitative estimate of drug-likeness (QED) is 0.562. The fourth-order valence-electron chi connectivity index (χ4n) is 1.53. The molecule has 20 heavy (non-hydrogen) atoms. The van der Waals surface area contributed by atoms with Crippen molar-refractivity contribution in [1.29, 1.82) is 0 Å². The average Bonchev–Trinajstić information content (AvgIpc) is 2.25. The largest absolute Gasteiger partial charge is 0.495 e. The molecule has 8 nitrogen and oxygen atoms in total. The van der Waals surface area contributed by atoms with E-state index in [2.05, 4.69) is 4.18 Å².